The molecule has 1 N–H and O–H groups in total. The van der Waals surface area contributed by atoms with Crippen molar-refractivity contribution in [3.05, 3.63) is 26.7 Å². The maximum atomic E-state index is 12.4. The number of hydrogen-bond acceptors (Lipinski definition) is 8. The van der Waals surface area contributed by atoms with Crippen LogP contribution >= 0.6 is 22.7 Å². The van der Waals surface area contributed by atoms with Gasteiger partial charge in [-0.15, -0.1) is 11.3 Å². The molecule has 3 aliphatic rings. The van der Waals surface area contributed by atoms with E-state index < -0.39 is 0 Å². The number of fused-ring (bicyclic) bond motifs is 1. The Kier molecular flexibility index (Phi) is 8.14. The van der Waals surface area contributed by atoms with Crippen molar-refractivity contribution in [2.24, 2.45) is 11.8 Å². The van der Waals surface area contributed by atoms with Gasteiger partial charge in [-0.3, -0.25) is 4.79 Å². The van der Waals surface area contributed by atoms with Crippen LogP contribution in [0.1, 0.15) is 52.6 Å². The number of aryl methyl sites for hydroxylation is 1. The van der Waals surface area contributed by atoms with Crippen LogP contribution in [-0.4, -0.2) is 66.3 Å². The van der Waals surface area contributed by atoms with Crippen molar-refractivity contribution in [2.45, 2.75) is 64.3 Å². The molecule has 34 heavy (non-hydrogen) atoms. The van der Waals surface area contributed by atoms with Gasteiger partial charge in [-0.2, -0.15) is 0 Å². The number of amides is 1. The Morgan fingerprint density at radius 3 is 2.74 bits per heavy atom. The molecule has 0 radical (unpaired) electrons. The molecule has 9 heteroatoms. The van der Waals surface area contributed by atoms with Crippen LogP contribution in [-0.2, 0) is 28.8 Å². The van der Waals surface area contributed by atoms with Crippen LogP contribution in [0.15, 0.2) is 6.20 Å². The van der Waals surface area contributed by atoms with Gasteiger partial charge in [-0.25, -0.2) is 9.97 Å². The smallest absolute Gasteiger partial charge is 0.273 e. The highest BCUT2D eigenvalue weighted by Crippen LogP contribution is 2.30. The van der Waals surface area contributed by atoms with Crippen molar-refractivity contribution in [1.82, 2.24) is 20.2 Å². The summed E-state index contributed by atoms with van der Waals surface area (Å²) in [5.41, 5.74) is 1.25. The zero-order valence-electron chi connectivity index (χ0n) is 20.1. The van der Waals surface area contributed by atoms with Crippen LogP contribution in [0.4, 0.5) is 0 Å². The van der Waals surface area contributed by atoms with Crippen LogP contribution in [0.25, 0.3) is 0 Å². The molecule has 2 fully saturated rings. The number of hydrogen-bond donors (Lipinski definition) is 1. The van der Waals surface area contributed by atoms with E-state index >= 15 is 0 Å². The fraction of sp³-hybridized carbons (Fsp3) is 0.720. The summed E-state index contributed by atoms with van der Waals surface area (Å²) in [6, 6.07) is 0.339. The second-order valence-electron chi connectivity index (χ2n) is 10.0. The molecule has 1 aliphatic carbocycles. The lowest BCUT2D eigenvalue weighted by atomic mass is 9.84. The van der Waals surface area contributed by atoms with Gasteiger partial charge >= 0.3 is 0 Å². The highest BCUT2D eigenvalue weighted by molar-refractivity contribution is 7.13. The van der Waals surface area contributed by atoms with Gasteiger partial charge in [0.05, 0.1) is 36.9 Å². The molecule has 1 saturated heterocycles. The summed E-state index contributed by atoms with van der Waals surface area (Å²) < 4.78 is 11.1. The number of carbonyl (C=O) groups excluding carboxylic acids is 1. The summed E-state index contributed by atoms with van der Waals surface area (Å²) in [6.45, 7) is 7.74. The Morgan fingerprint density at radius 2 is 2.00 bits per heavy atom. The van der Waals surface area contributed by atoms with Crippen LogP contribution in [0.5, 0.6) is 5.19 Å². The molecule has 1 saturated carbocycles. The molecule has 2 aliphatic heterocycles. The SMILES string of the molecule is Cc1ncc(CC(=O)N[C@H]2CC[C@H](CCN3CCc4nc(OCC5COC5)sc4CC3)CC2)s1. The lowest BCUT2D eigenvalue weighted by Crippen LogP contribution is -2.38. The average molecular weight is 505 g/mol. The van der Waals surface area contributed by atoms with Gasteiger partial charge in [-0.1, -0.05) is 11.3 Å². The summed E-state index contributed by atoms with van der Waals surface area (Å²) in [6.07, 6.45) is 10.3. The quantitative estimate of drug-likeness (QED) is 0.562. The van der Waals surface area contributed by atoms with Crippen molar-refractivity contribution >= 4 is 28.6 Å². The molecule has 0 bridgehead atoms. The first-order chi connectivity index (χ1) is 16.6. The van der Waals surface area contributed by atoms with Crippen molar-refractivity contribution in [2.75, 3.05) is 39.5 Å². The summed E-state index contributed by atoms with van der Waals surface area (Å²) in [7, 11) is 0. The molecule has 4 heterocycles. The van der Waals surface area contributed by atoms with Gasteiger partial charge in [0.25, 0.3) is 5.19 Å². The molecule has 2 aromatic heterocycles. The molecule has 7 nitrogen and oxygen atoms in total. The molecule has 0 unspecified atom stereocenters. The van der Waals surface area contributed by atoms with E-state index in [1.807, 2.05) is 13.1 Å². The van der Waals surface area contributed by atoms with Gasteiger partial charge < -0.3 is 19.7 Å². The zero-order valence-corrected chi connectivity index (χ0v) is 21.7. The fourth-order valence-corrected chi connectivity index (χ4v) is 6.87. The summed E-state index contributed by atoms with van der Waals surface area (Å²) in [4.78, 5) is 26.5. The predicted molar refractivity (Wildman–Crippen MR) is 135 cm³/mol. The van der Waals surface area contributed by atoms with Crippen molar-refractivity contribution in [3.8, 4) is 5.19 Å². The lowest BCUT2D eigenvalue weighted by Gasteiger charge is -2.30. The largest absolute Gasteiger partial charge is 0.470 e. The minimum absolute atomic E-state index is 0.142. The lowest BCUT2D eigenvalue weighted by molar-refractivity contribution is -0.121. The van der Waals surface area contributed by atoms with E-state index in [2.05, 4.69) is 15.2 Å². The standard InChI is InChI=1S/C25H36N4O3S2/c1-17-26-13-21(33-17)12-24(30)27-20-4-2-18(3-5-20)6-9-29-10-7-22-23(8-11-29)34-25(28-22)32-16-19-14-31-15-19/h13,18-20H,2-12,14-16H2,1H3,(H,27,30)/t18-,20-. The van der Waals surface area contributed by atoms with Gasteiger partial charge in [-0.05, 0) is 57.9 Å². The van der Waals surface area contributed by atoms with E-state index in [0.29, 0.717) is 18.4 Å². The summed E-state index contributed by atoms with van der Waals surface area (Å²) in [5.74, 6) is 1.46. The van der Waals surface area contributed by atoms with Crippen molar-refractivity contribution in [1.29, 1.82) is 0 Å². The highest BCUT2D eigenvalue weighted by Gasteiger charge is 2.25. The average Bonchev–Trinajstić information content (AvgIpc) is 3.33. The third kappa shape index (κ3) is 6.56. The monoisotopic (exact) mass is 504 g/mol. The molecule has 0 spiro atoms. The number of carbonyl (C=O) groups is 1. The van der Waals surface area contributed by atoms with Crippen LogP contribution in [0, 0.1) is 18.8 Å². The maximum absolute atomic E-state index is 12.4. The second kappa shape index (κ2) is 11.5. The summed E-state index contributed by atoms with van der Waals surface area (Å²) in [5, 5.41) is 5.12. The molecule has 0 atom stereocenters. The van der Waals surface area contributed by atoms with Gasteiger partial charge in [0.15, 0.2) is 0 Å². The number of ether oxygens (including phenoxy) is 2. The van der Waals surface area contributed by atoms with Crippen LogP contribution in [0.2, 0.25) is 0 Å². The van der Waals surface area contributed by atoms with Crippen LogP contribution < -0.4 is 10.1 Å². The Hall–Kier alpha value is -1.55. The number of thiazole rings is 2. The minimum Gasteiger partial charge on any atom is -0.470 e. The zero-order chi connectivity index (χ0) is 23.3. The fourth-order valence-electron chi connectivity index (χ4n) is 5.13. The molecule has 0 aromatic carbocycles. The first-order valence-electron chi connectivity index (χ1n) is 12.7. The van der Waals surface area contributed by atoms with Crippen molar-refractivity contribution in [3.63, 3.8) is 0 Å². The van der Waals surface area contributed by atoms with E-state index in [-0.39, 0.29) is 5.91 Å². The molecule has 1 amide bonds. The van der Waals surface area contributed by atoms with Gasteiger partial charge in [0.2, 0.25) is 5.91 Å². The number of aromatic nitrogens is 2. The van der Waals surface area contributed by atoms with Crippen LogP contribution in [0.3, 0.4) is 0 Å². The normalized spacial score (nSPS) is 23.7. The highest BCUT2D eigenvalue weighted by atomic mass is 32.1. The molecule has 5 rings (SSSR count). The molecular weight excluding hydrogens is 468 g/mol. The minimum atomic E-state index is 0.142. The first-order valence-corrected chi connectivity index (χ1v) is 14.4. The Bertz CT molecular complexity index is 924. The number of rotatable bonds is 9. The first kappa shape index (κ1) is 24.2. The van der Waals surface area contributed by atoms with Gasteiger partial charge in [0.1, 0.15) is 0 Å². The number of nitrogens with zero attached hydrogens (tertiary/aromatic N) is 3. The third-order valence-corrected chi connectivity index (χ3v) is 9.28. The number of nitrogens with one attached hydrogen (secondary N) is 1. The van der Waals surface area contributed by atoms with E-state index in [4.69, 9.17) is 14.5 Å². The molecule has 186 valence electrons. The second-order valence-corrected chi connectivity index (χ2v) is 12.4. The molecule has 2 aromatic rings. The van der Waals surface area contributed by atoms with Gasteiger partial charge in [0, 0.05) is 47.4 Å². The topological polar surface area (TPSA) is 76.6 Å². The Balaban J connectivity index is 0.980. The van der Waals surface area contributed by atoms with E-state index in [0.717, 1.165) is 79.6 Å². The van der Waals surface area contributed by atoms with E-state index in [9.17, 15) is 4.79 Å². The summed E-state index contributed by atoms with van der Waals surface area (Å²) >= 11 is 3.35. The Morgan fingerprint density at radius 1 is 1.18 bits per heavy atom. The van der Waals surface area contributed by atoms with E-state index in [1.54, 1.807) is 22.7 Å². The predicted octanol–water partition coefficient (Wildman–Crippen LogP) is 3.64. The van der Waals surface area contributed by atoms with Crippen molar-refractivity contribution < 1.29 is 14.3 Å². The Labute approximate surface area is 210 Å². The van der Waals surface area contributed by atoms with E-state index in [1.165, 1.54) is 36.4 Å². The maximum Gasteiger partial charge on any atom is 0.273 e. The third-order valence-electron chi connectivity index (χ3n) is 7.30. The molecular formula is C25H36N4O3S2.